The molecule has 0 saturated heterocycles. The van der Waals surface area contributed by atoms with E-state index >= 15 is 0 Å². The summed E-state index contributed by atoms with van der Waals surface area (Å²) in [5.74, 6) is 0.735. The van der Waals surface area contributed by atoms with Gasteiger partial charge in [-0.25, -0.2) is 0 Å². The SMILES string of the molecule is OCc1nc(-c2cccc3ccccc23)no1. The van der Waals surface area contributed by atoms with E-state index in [1.165, 1.54) is 0 Å². The maximum absolute atomic E-state index is 8.91. The Labute approximate surface area is 97.5 Å². The largest absolute Gasteiger partial charge is 0.387 e. The molecule has 0 amide bonds. The number of benzene rings is 2. The monoisotopic (exact) mass is 226 g/mol. The van der Waals surface area contributed by atoms with Crippen molar-refractivity contribution >= 4 is 10.8 Å². The minimum atomic E-state index is -0.238. The third-order valence-corrected chi connectivity index (χ3v) is 2.63. The molecular weight excluding hydrogens is 216 g/mol. The summed E-state index contributed by atoms with van der Waals surface area (Å²) < 4.78 is 4.91. The van der Waals surface area contributed by atoms with Gasteiger partial charge in [-0.05, 0) is 10.8 Å². The van der Waals surface area contributed by atoms with E-state index in [2.05, 4.69) is 10.1 Å². The first kappa shape index (κ1) is 9.99. The van der Waals surface area contributed by atoms with E-state index < -0.39 is 0 Å². The van der Waals surface area contributed by atoms with Crippen LogP contribution in [0.4, 0.5) is 0 Å². The van der Waals surface area contributed by atoms with Gasteiger partial charge in [0.05, 0.1) is 0 Å². The van der Waals surface area contributed by atoms with Gasteiger partial charge in [0.25, 0.3) is 5.89 Å². The molecule has 0 bridgehead atoms. The van der Waals surface area contributed by atoms with Crippen molar-refractivity contribution in [1.29, 1.82) is 0 Å². The molecule has 3 aromatic rings. The molecule has 4 heteroatoms. The highest BCUT2D eigenvalue weighted by atomic mass is 16.5. The third kappa shape index (κ3) is 1.68. The highest BCUT2D eigenvalue weighted by Gasteiger charge is 2.10. The van der Waals surface area contributed by atoms with Crippen LogP contribution in [0.5, 0.6) is 0 Å². The van der Waals surface area contributed by atoms with Crippen LogP contribution in [0, 0.1) is 0 Å². The number of aliphatic hydroxyl groups excluding tert-OH is 1. The van der Waals surface area contributed by atoms with Crippen LogP contribution in [-0.2, 0) is 6.61 Å². The molecule has 3 rings (SSSR count). The van der Waals surface area contributed by atoms with Crippen LogP contribution in [0.25, 0.3) is 22.2 Å². The van der Waals surface area contributed by atoms with Gasteiger partial charge in [0.15, 0.2) is 0 Å². The number of hydrogen-bond donors (Lipinski definition) is 1. The standard InChI is InChI=1S/C13H10N2O2/c16-8-12-14-13(15-17-12)11-7-3-5-9-4-1-2-6-10(9)11/h1-7,16H,8H2. The van der Waals surface area contributed by atoms with E-state index in [4.69, 9.17) is 9.63 Å². The summed E-state index contributed by atoms with van der Waals surface area (Å²) in [5, 5.41) is 15.0. The normalized spacial score (nSPS) is 10.9. The minimum absolute atomic E-state index is 0.230. The number of fused-ring (bicyclic) bond motifs is 1. The summed E-state index contributed by atoms with van der Waals surface area (Å²) in [7, 11) is 0. The van der Waals surface area contributed by atoms with Crippen LogP contribution in [0.2, 0.25) is 0 Å². The second-order valence-electron chi connectivity index (χ2n) is 3.70. The van der Waals surface area contributed by atoms with E-state index in [0.29, 0.717) is 5.82 Å². The number of rotatable bonds is 2. The van der Waals surface area contributed by atoms with Crippen molar-refractivity contribution in [3.8, 4) is 11.4 Å². The Balaban J connectivity index is 2.23. The van der Waals surface area contributed by atoms with Crippen LogP contribution < -0.4 is 0 Å². The fraction of sp³-hybridized carbons (Fsp3) is 0.0769. The maximum Gasteiger partial charge on any atom is 0.252 e. The molecule has 1 aromatic heterocycles. The molecule has 0 radical (unpaired) electrons. The Hall–Kier alpha value is -2.20. The second-order valence-corrected chi connectivity index (χ2v) is 3.70. The van der Waals surface area contributed by atoms with Crippen LogP contribution in [0.15, 0.2) is 47.0 Å². The van der Waals surface area contributed by atoms with Crippen LogP contribution in [0.3, 0.4) is 0 Å². The first-order chi connectivity index (χ1) is 8.38. The average Bonchev–Trinajstić information content (AvgIpc) is 2.87. The zero-order valence-electron chi connectivity index (χ0n) is 9.00. The highest BCUT2D eigenvalue weighted by molar-refractivity contribution is 5.94. The fourth-order valence-corrected chi connectivity index (χ4v) is 1.85. The molecule has 17 heavy (non-hydrogen) atoms. The summed E-state index contributed by atoms with van der Waals surface area (Å²) in [6.45, 7) is -0.238. The van der Waals surface area contributed by atoms with Crippen molar-refractivity contribution in [2.24, 2.45) is 0 Å². The second kappa shape index (κ2) is 3.99. The number of aromatic nitrogens is 2. The zero-order valence-corrected chi connectivity index (χ0v) is 9.00. The van der Waals surface area contributed by atoms with E-state index in [0.717, 1.165) is 16.3 Å². The molecule has 84 valence electrons. The molecule has 0 aliphatic heterocycles. The Morgan fingerprint density at radius 2 is 1.88 bits per heavy atom. The topological polar surface area (TPSA) is 59.2 Å². The molecule has 0 unspecified atom stereocenters. The first-order valence-electron chi connectivity index (χ1n) is 5.30. The Bertz CT molecular complexity index is 656. The quantitative estimate of drug-likeness (QED) is 0.728. The van der Waals surface area contributed by atoms with Crippen molar-refractivity contribution in [2.45, 2.75) is 6.61 Å². The van der Waals surface area contributed by atoms with Crippen molar-refractivity contribution in [3.05, 3.63) is 48.4 Å². The van der Waals surface area contributed by atoms with Crippen molar-refractivity contribution in [1.82, 2.24) is 10.1 Å². The molecule has 0 atom stereocenters. The lowest BCUT2D eigenvalue weighted by molar-refractivity contribution is 0.222. The smallest absolute Gasteiger partial charge is 0.252 e. The van der Waals surface area contributed by atoms with Gasteiger partial charge < -0.3 is 9.63 Å². The molecule has 4 nitrogen and oxygen atoms in total. The third-order valence-electron chi connectivity index (χ3n) is 2.63. The van der Waals surface area contributed by atoms with Gasteiger partial charge in [0, 0.05) is 5.56 Å². The molecular formula is C13H10N2O2. The zero-order chi connectivity index (χ0) is 11.7. The Morgan fingerprint density at radius 3 is 2.71 bits per heavy atom. The van der Waals surface area contributed by atoms with Gasteiger partial charge in [-0.15, -0.1) is 0 Å². The van der Waals surface area contributed by atoms with Gasteiger partial charge in [-0.1, -0.05) is 47.6 Å². The Kier molecular flexibility index (Phi) is 2.34. The molecule has 1 heterocycles. The lowest BCUT2D eigenvalue weighted by atomic mass is 10.0. The minimum Gasteiger partial charge on any atom is -0.387 e. The maximum atomic E-state index is 8.91. The molecule has 0 spiro atoms. The van der Waals surface area contributed by atoms with Crippen LogP contribution in [0.1, 0.15) is 5.89 Å². The van der Waals surface area contributed by atoms with E-state index in [1.807, 2.05) is 42.5 Å². The molecule has 1 N–H and O–H groups in total. The van der Waals surface area contributed by atoms with Crippen molar-refractivity contribution < 1.29 is 9.63 Å². The average molecular weight is 226 g/mol. The van der Waals surface area contributed by atoms with E-state index in [9.17, 15) is 0 Å². The Morgan fingerprint density at radius 1 is 1.06 bits per heavy atom. The van der Waals surface area contributed by atoms with Gasteiger partial charge in [-0.2, -0.15) is 4.98 Å². The predicted molar refractivity (Wildman–Crippen MR) is 63.2 cm³/mol. The molecule has 0 aliphatic rings. The van der Waals surface area contributed by atoms with E-state index in [1.54, 1.807) is 0 Å². The summed E-state index contributed by atoms with van der Waals surface area (Å²) in [6, 6.07) is 13.9. The van der Waals surface area contributed by atoms with Crippen LogP contribution in [-0.4, -0.2) is 15.2 Å². The van der Waals surface area contributed by atoms with Gasteiger partial charge in [0.2, 0.25) is 5.82 Å². The van der Waals surface area contributed by atoms with Gasteiger partial charge in [-0.3, -0.25) is 0 Å². The summed E-state index contributed by atoms with van der Waals surface area (Å²) in [4.78, 5) is 4.12. The fourth-order valence-electron chi connectivity index (χ4n) is 1.85. The van der Waals surface area contributed by atoms with Gasteiger partial charge in [0.1, 0.15) is 6.61 Å². The van der Waals surface area contributed by atoms with Crippen molar-refractivity contribution in [3.63, 3.8) is 0 Å². The highest BCUT2D eigenvalue weighted by Crippen LogP contribution is 2.26. The molecule has 2 aromatic carbocycles. The summed E-state index contributed by atoms with van der Waals surface area (Å²) in [5.41, 5.74) is 0.909. The summed E-state index contributed by atoms with van der Waals surface area (Å²) >= 11 is 0. The van der Waals surface area contributed by atoms with Crippen molar-refractivity contribution in [2.75, 3.05) is 0 Å². The molecule has 0 saturated carbocycles. The van der Waals surface area contributed by atoms with Gasteiger partial charge >= 0.3 is 0 Å². The lowest BCUT2D eigenvalue weighted by Crippen LogP contribution is -1.85. The molecule has 0 aliphatic carbocycles. The van der Waals surface area contributed by atoms with Crippen LogP contribution >= 0.6 is 0 Å². The first-order valence-corrected chi connectivity index (χ1v) is 5.30. The number of aliphatic hydroxyl groups is 1. The summed E-state index contributed by atoms with van der Waals surface area (Å²) in [6.07, 6.45) is 0. The molecule has 0 fully saturated rings. The van der Waals surface area contributed by atoms with E-state index in [-0.39, 0.29) is 12.5 Å². The number of hydrogen-bond acceptors (Lipinski definition) is 4. The number of nitrogens with zero attached hydrogens (tertiary/aromatic N) is 2. The lowest BCUT2D eigenvalue weighted by Gasteiger charge is -2.01. The predicted octanol–water partition coefficient (Wildman–Crippen LogP) is 2.38.